The molecule has 3 rings (SSSR count). The van der Waals surface area contributed by atoms with Crippen LogP contribution in [0.1, 0.15) is 28.8 Å². The number of hydrogen-bond donors (Lipinski definition) is 3. The van der Waals surface area contributed by atoms with E-state index in [1.165, 1.54) is 12.1 Å². The molecule has 0 aliphatic carbocycles. The molecule has 27 heavy (non-hydrogen) atoms. The van der Waals surface area contributed by atoms with Gasteiger partial charge in [0.1, 0.15) is 0 Å². The summed E-state index contributed by atoms with van der Waals surface area (Å²) in [5, 5.41) is 12.4. The van der Waals surface area contributed by atoms with Crippen LogP contribution in [0.2, 0.25) is 10.0 Å². The Hall–Kier alpha value is -2.12. The smallest absolute Gasteiger partial charge is 0.274 e. The molecule has 0 unspecified atom stereocenters. The first-order valence-electron chi connectivity index (χ1n) is 8.35. The van der Waals surface area contributed by atoms with Gasteiger partial charge in [0.05, 0.1) is 15.5 Å². The van der Waals surface area contributed by atoms with Gasteiger partial charge in [0.2, 0.25) is 5.91 Å². The van der Waals surface area contributed by atoms with Crippen LogP contribution in [-0.4, -0.2) is 30.2 Å². The lowest BCUT2D eigenvalue weighted by molar-refractivity contribution is -0.125. The van der Waals surface area contributed by atoms with Crippen LogP contribution < -0.4 is 10.8 Å². The highest BCUT2D eigenvalue weighted by molar-refractivity contribution is 6.42. The average molecular weight is 409 g/mol. The Morgan fingerprint density at radius 3 is 2.26 bits per heavy atom. The fourth-order valence-electron chi connectivity index (χ4n) is 3.18. The van der Waals surface area contributed by atoms with Gasteiger partial charge < -0.3 is 10.1 Å². The van der Waals surface area contributed by atoms with Crippen molar-refractivity contribution in [1.82, 2.24) is 5.48 Å². The summed E-state index contributed by atoms with van der Waals surface area (Å²) in [6.07, 6.45) is 1.03. The molecule has 0 saturated carbocycles. The van der Waals surface area contributed by atoms with Gasteiger partial charge in [0, 0.05) is 24.5 Å². The predicted molar refractivity (Wildman–Crippen MR) is 103 cm³/mol. The number of halogens is 2. The van der Waals surface area contributed by atoms with Gasteiger partial charge in [-0.2, -0.15) is 0 Å². The van der Waals surface area contributed by atoms with Crippen molar-refractivity contribution in [3.8, 4) is 0 Å². The molecule has 2 aromatic rings. The first-order valence-corrected chi connectivity index (χ1v) is 9.11. The minimum atomic E-state index is -0.784. The van der Waals surface area contributed by atoms with Crippen molar-refractivity contribution in [2.45, 2.75) is 18.3 Å². The second-order valence-electron chi connectivity index (χ2n) is 6.30. The molecule has 6 nitrogen and oxygen atoms in total. The summed E-state index contributed by atoms with van der Waals surface area (Å²) in [6.45, 7) is 0.923. The average Bonchev–Trinajstić information content (AvgIpc) is 2.70. The molecule has 0 bridgehead atoms. The number of anilines is 1. The highest BCUT2D eigenvalue weighted by Gasteiger charge is 2.42. The SMILES string of the molecule is O=C(NO)c1ccc(NC(=O)C2(c3ccc(Cl)c(Cl)c3)CCOCC2)cc1. The van der Waals surface area contributed by atoms with Crippen LogP contribution >= 0.6 is 23.2 Å². The van der Waals surface area contributed by atoms with Crippen LogP contribution in [0.15, 0.2) is 42.5 Å². The van der Waals surface area contributed by atoms with E-state index in [4.69, 9.17) is 33.1 Å². The summed E-state index contributed by atoms with van der Waals surface area (Å²) in [5.74, 6) is -0.798. The lowest BCUT2D eigenvalue weighted by Gasteiger charge is -2.36. The molecule has 2 aromatic carbocycles. The quantitative estimate of drug-likeness (QED) is 0.530. The van der Waals surface area contributed by atoms with E-state index in [1.807, 2.05) is 6.07 Å². The van der Waals surface area contributed by atoms with E-state index >= 15 is 0 Å². The van der Waals surface area contributed by atoms with Crippen LogP contribution in [0, 0.1) is 0 Å². The Morgan fingerprint density at radius 2 is 1.67 bits per heavy atom. The van der Waals surface area contributed by atoms with E-state index in [-0.39, 0.29) is 11.5 Å². The monoisotopic (exact) mass is 408 g/mol. The van der Waals surface area contributed by atoms with Crippen molar-refractivity contribution in [3.05, 3.63) is 63.6 Å². The highest BCUT2D eigenvalue weighted by Crippen LogP contribution is 2.38. The number of rotatable bonds is 4. The van der Waals surface area contributed by atoms with E-state index in [2.05, 4.69) is 5.32 Å². The lowest BCUT2D eigenvalue weighted by atomic mass is 9.73. The molecule has 1 saturated heterocycles. The maximum Gasteiger partial charge on any atom is 0.274 e. The minimum absolute atomic E-state index is 0.177. The molecule has 1 heterocycles. The summed E-state index contributed by atoms with van der Waals surface area (Å²) in [5.41, 5.74) is 2.39. The van der Waals surface area contributed by atoms with Crippen LogP contribution in [0.3, 0.4) is 0 Å². The van der Waals surface area contributed by atoms with Crippen LogP contribution in [0.5, 0.6) is 0 Å². The van der Waals surface area contributed by atoms with Crippen molar-refractivity contribution in [2.24, 2.45) is 0 Å². The summed E-state index contributed by atoms with van der Waals surface area (Å²) in [7, 11) is 0. The van der Waals surface area contributed by atoms with E-state index in [9.17, 15) is 9.59 Å². The summed E-state index contributed by atoms with van der Waals surface area (Å²) < 4.78 is 5.45. The van der Waals surface area contributed by atoms with Gasteiger partial charge in [-0.3, -0.25) is 14.8 Å². The van der Waals surface area contributed by atoms with Gasteiger partial charge in [-0.05, 0) is 54.8 Å². The van der Waals surface area contributed by atoms with Gasteiger partial charge in [0.25, 0.3) is 5.91 Å². The van der Waals surface area contributed by atoms with E-state index in [0.717, 1.165) is 5.56 Å². The number of hydroxylamine groups is 1. The maximum atomic E-state index is 13.2. The van der Waals surface area contributed by atoms with E-state index < -0.39 is 11.3 Å². The first-order chi connectivity index (χ1) is 13.0. The van der Waals surface area contributed by atoms with Gasteiger partial charge in [-0.15, -0.1) is 0 Å². The number of ether oxygens (including phenoxy) is 1. The summed E-state index contributed by atoms with van der Waals surface area (Å²) in [4.78, 5) is 24.6. The second-order valence-corrected chi connectivity index (χ2v) is 7.11. The maximum absolute atomic E-state index is 13.2. The van der Waals surface area contributed by atoms with Crippen LogP contribution in [0.4, 0.5) is 5.69 Å². The fourth-order valence-corrected chi connectivity index (χ4v) is 3.48. The van der Waals surface area contributed by atoms with Crippen molar-refractivity contribution in [3.63, 3.8) is 0 Å². The number of carbonyl (C=O) groups is 2. The third kappa shape index (κ3) is 4.09. The largest absolute Gasteiger partial charge is 0.381 e. The Balaban J connectivity index is 1.87. The normalized spacial score (nSPS) is 15.8. The van der Waals surface area contributed by atoms with Gasteiger partial charge >= 0.3 is 0 Å². The van der Waals surface area contributed by atoms with Crippen molar-refractivity contribution in [2.75, 3.05) is 18.5 Å². The fraction of sp³-hybridized carbons (Fsp3) is 0.263. The van der Waals surface area contributed by atoms with E-state index in [1.54, 1.807) is 29.7 Å². The molecule has 3 N–H and O–H groups in total. The number of carbonyl (C=O) groups excluding carboxylic acids is 2. The molecular weight excluding hydrogens is 391 g/mol. The minimum Gasteiger partial charge on any atom is -0.381 e. The molecular formula is C19H18Cl2N2O4. The zero-order chi connectivity index (χ0) is 19.4. The second kappa shape index (κ2) is 8.27. The zero-order valence-corrected chi connectivity index (χ0v) is 15.8. The number of nitrogens with one attached hydrogen (secondary N) is 2. The summed E-state index contributed by atoms with van der Waals surface area (Å²) in [6, 6.07) is 11.5. The Bertz CT molecular complexity index is 849. The predicted octanol–water partition coefficient (Wildman–Crippen LogP) is 3.80. The van der Waals surface area contributed by atoms with Crippen molar-refractivity contribution in [1.29, 1.82) is 0 Å². The van der Waals surface area contributed by atoms with Crippen molar-refractivity contribution >= 4 is 40.7 Å². The third-order valence-corrected chi connectivity index (χ3v) is 5.50. The topological polar surface area (TPSA) is 87.7 Å². The lowest BCUT2D eigenvalue weighted by Crippen LogP contribution is -2.44. The molecule has 1 aliphatic rings. The Morgan fingerprint density at radius 1 is 1.00 bits per heavy atom. The molecule has 142 valence electrons. The highest BCUT2D eigenvalue weighted by atomic mass is 35.5. The molecule has 2 amide bonds. The Kier molecular flexibility index (Phi) is 6.01. The standard InChI is InChI=1S/C19H18Cl2N2O4/c20-15-6-3-13(11-16(15)21)19(7-9-27-10-8-19)18(25)22-14-4-1-12(2-5-14)17(24)23-26/h1-6,11,26H,7-10H2,(H,22,25)(H,23,24). The molecule has 1 aliphatic heterocycles. The number of benzene rings is 2. The molecule has 1 fully saturated rings. The first kappa shape index (κ1) is 19.6. The molecule has 8 heteroatoms. The molecule has 0 atom stereocenters. The summed E-state index contributed by atoms with van der Waals surface area (Å²) >= 11 is 12.2. The van der Waals surface area contributed by atoms with Gasteiger partial charge in [-0.25, -0.2) is 5.48 Å². The molecule has 0 aromatic heterocycles. The van der Waals surface area contributed by atoms with Gasteiger partial charge in [0.15, 0.2) is 0 Å². The zero-order valence-electron chi connectivity index (χ0n) is 14.3. The van der Waals surface area contributed by atoms with E-state index in [0.29, 0.717) is 41.8 Å². The molecule has 0 radical (unpaired) electrons. The Labute approximate surface area is 166 Å². The van der Waals surface area contributed by atoms with Gasteiger partial charge in [-0.1, -0.05) is 29.3 Å². The van der Waals surface area contributed by atoms with Crippen molar-refractivity contribution < 1.29 is 19.5 Å². The third-order valence-electron chi connectivity index (χ3n) is 4.76. The number of hydrogen-bond acceptors (Lipinski definition) is 4. The number of amides is 2. The molecule has 0 spiro atoms. The van der Waals surface area contributed by atoms with Crippen LogP contribution in [0.25, 0.3) is 0 Å². The van der Waals surface area contributed by atoms with Crippen LogP contribution in [-0.2, 0) is 14.9 Å².